The third-order valence-electron chi connectivity index (χ3n) is 3.51. The fourth-order valence-electron chi connectivity index (χ4n) is 2.44. The number of nitrogens with zero attached hydrogens (tertiary/aromatic N) is 1. The number of piperazine rings is 1. The van der Waals surface area contributed by atoms with Crippen LogP contribution in [0.15, 0.2) is 30.3 Å². The molecule has 1 unspecified atom stereocenters. The Kier molecular flexibility index (Phi) is 4.94. The lowest BCUT2D eigenvalue weighted by Gasteiger charge is -2.45. The molecule has 6 heteroatoms. The Morgan fingerprint density at radius 1 is 1.22 bits per heavy atom. The van der Waals surface area contributed by atoms with Gasteiger partial charge in [-0.2, -0.15) is 0 Å². The van der Waals surface area contributed by atoms with Crippen molar-refractivity contribution in [1.29, 1.82) is 0 Å². The number of carbonyl (C=O) groups is 2. The van der Waals surface area contributed by atoms with Gasteiger partial charge in [0.15, 0.2) is 5.78 Å². The van der Waals surface area contributed by atoms with E-state index in [9.17, 15) is 9.59 Å². The maximum absolute atomic E-state index is 12.6. The normalized spacial score (nSPS) is 21.7. The number of Topliss-reactive ketones (excluding diaryl/α,β-unsaturated/α-hetero) is 1. The number of ether oxygens (including phenoxy) is 2. The highest BCUT2D eigenvalue weighted by Gasteiger charge is 2.49. The van der Waals surface area contributed by atoms with Crippen LogP contribution >= 0.6 is 0 Å². The SMILES string of the molecule is CC(=O)C1(Oc2ccccc2)CNCCN1C(=O)OC(C)(C)C. The van der Waals surface area contributed by atoms with E-state index in [-0.39, 0.29) is 12.3 Å². The first-order valence-corrected chi connectivity index (χ1v) is 7.71. The summed E-state index contributed by atoms with van der Waals surface area (Å²) in [7, 11) is 0. The monoisotopic (exact) mass is 320 g/mol. The van der Waals surface area contributed by atoms with Gasteiger partial charge in [0, 0.05) is 20.0 Å². The summed E-state index contributed by atoms with van der Waals surface area (Å²) < 4.78 is 11.4. The summed E-state index contributed by atoms with van der Waals surface area (Å²) in [6.07, 6.45) is -0.551. The summed E-state index contributed by atoms with van der Waals surface area (Å²) in [5.41, 5.74) is -2.04. The Labute approximate surface area is 136 Å². The van der Waals surface area contributed by atoms with Crippen LogP contribution in [0.5, 0.6) is 5.75 Å². The molecule has 1 N–H and O–H groups in total. The molecule has 1 amide bonds. The van der Waals surface area contributed by atoms with Gasteiger partial charge in [0.25, 0.3) is 5.72 Å². The van der Waals surface area contributed by atoms with Crippen molar-refractivity contribution in [2.45, 2.75) is 39.0 Å². The van der Waals surface area contributed by atoms with E-state index in [0.29, 0.717) is 18.8 Å². The minimum absolute atomic E-state index is 0.219. The first-order valence-electron chi connectivity index (χ1n) is 7.71. The Balaban J connectivity index is 2.33. The minimum Gasteiger partial charge on any atom is -0.459 e. The molecule has 1 aromatic carbocycles. The molecule has 6 nitrogen and oxygen atoms in total. The highest BCUT2D eigenvalue weighted by atomic mass is 16.6. The lowest BCUT2D eigenvalue weighted by Crippen LogP contribution is -2.69. The number of benzene rings is 1. The van der Waals surface area contributed by atoms with Crippen LogP contribution in [0.2, 0.25) is 0 Å². The van der Waals surface area contributed by atoms with E-state index in [2.05, 4.69) is 5.32 Å². The van der Waals surface area contributed by atoms with Crippen LogP contribution in [0.4, 0.5) is 4.79 Å². The minimum atomic E-state index is -1.40. The van der Waals surface area contributed by atoms with Crippen LogP contribution in [-0.4, -0.2) is 47.7 Å². The van der Waals surface area contributed by atoms with Gasteiger partial charge in [-0.05, 0) is 32.9 Å². The number of hydrogen-bond donors (Lipinski definition) is 1. The smallest absolute Gasteiger partial charge is 0.413 e. The summed E-state index contributed by atoms with van der Waals surface area (Å²) in [4.78, 5) is 26.3. The lowest BCUT2D eigenvalue weighted by atomic mass is 10.0. The molecule has 1 atom stereocenters. The van der Waals surface area contributed by atoms with Crippen LogP contribution < -0.4 is 10.1 Å². The zero-order valence-electron chi connectivity index (χ0n) is 14.1. The van der Waals surface area contributed by atoms with Gasteiger partial charge < -0.3 is 14.8 Å². The van der Waals surface area contributed by atoms with Crippen molar-refractivity contribution in [3.63, 3.8) is 0 Å². The lowest BCUT2D eigenvalue weighted by molar-refractivity contribution is -0.153. The first kappa shape index (κ1) is 17.3. The van der Waals surface area contributed by atoms with E-state index in [0.717, 1.165) is 0 Å². The van der Waals surface area contributed by atoms with Gasteiger partial charge in [-0.1, -0.05) is 18.2 Å². The maximum atomic E-state index is 12.6. The molecule has 1 heterocycles. The van der Waals surface area contributed by atoms with Crippen LogP contribution in [0.1, 0.15) is 27.7 Å². The quantitative estimate of drug-likeness (QED) is 0.924. The van der Waals surface area contributed by atoms with Gasteiger partial charge in [-0.25, -0.2) is 4.79 Å². The molecule has 126 valence electrons. The summed E-state index contributed by atoms with van der Waals surface area (Å²) in [6, 6.07) is 9.01. The van der Waals surface area contributed by atoms with Crippen LogP contribution in [0.25, 0.3) is 0 Å². The van der Waals surface area contributed by atoms with Crippen molar-refractivity contribution in [2.75, 3.05) is 19.6 Å². The molecule has 0 aromatic heterocycles. The highest BCUT2D eigenvalue weighted by Crippen LogP contribution is 2.26. The van der Waals surface area contributed by atoms with Gasteiger partial charge in [-0.15, -0.1) is 0 Å². The Hall–Kier alpha value is -2.08. The van der Waals surface area contributed by atoms with E-state index in [1.54, 1.807) is 32.9 Å². The third kappa shape index (κ3) is 4.01. The second kappa shape index (κ2) is 6.58. The predicted molar refractivity (Wildman–Crippen MR) is 86.3 cm³/mol. The Morgan fingerprint density at radius 2 is 1.87 bits per heavy atom. The molecule has 0 saturated carbocycles. The molecule has 1 aliphatic rings. The van der Waals surface area contributed by atoms with Crippen molar-refractivity contribution in [1.82, 2.24) is 10.2 Å². The first-order chi connectivity index (χ1) is 10.7. The second-order valence-electron chi connectivity index (χ2n) is 6.56. The molecule has 0 bridgehead atoms. The fraction of sp³-hybridized carbons (Fsp3) is 0.529. The maximum Gasteiger partial charge on any atom is 0.413 e. The summed E-state index contributed by atoms with van der Waals surface area (Å²) in [6.45, 7) is 7.93. The van der Waals surface area contributed by atoms with Gasteiger partial charge in [0.1, 0.15) is 11.4 Å². The standard InChI is InChI=1S/C17H24N2O4/c1-13(20)17(22-14-8-6-5-7-9-14)12-18-10-11-19(17)15(21)23-16(2,3)4/h5-9,18H,10-12H2,1-4H3. The largest absolute Gasteiger partial charge is 0.459 e. The Morgan fingerprint density at radius 3 is 2.43 bits per heavy atom. The van der Waals surface area contributed by atoms with Crippen LogP contribution in [0.3, 0.4) is 0 Å². The van der Waals surface area contributed by atoms with Crippen molar-refractivity contribution >= 4 is 11.9 Å². The molecular weight excluding hydrogens is 296 g/mol. The predicted octanol–water partition coefficient (Wildman–Crippen LogP) is 2.19. The number of nitrogens with one attached hydrogen (secondary N) is 1. The summed E-state index contributed by atoms with van der Waals surface area (Å²) in [5, 5.41) is 3.13. The zero-order chi connectivity index (χ0) is 17.1. The van der Waals surface area contributed by atoms with Gasteiger partial charge in [-0.3, -0.25) is 9.69 Å². The van der Waals surface area contributed by atoms with E-state index in [1.165, 1.54) is 11.8 Å². The summed E-state index contributed by atoms with van der Waals surface area (Å²) >= 11 is 0. The van der Waals surface area contributed by atoms with E-state index in [1.807, 2.05) is 18.2 Å². The zero-order valence-corrected chi connectivity index (χ0v) is 14.1. The van der Waals surface area contributed by atoms with Gasteiger partial charge in [0.05, 0.1) is 6.54 Å². The van der Waals surface area contributed by atoms with Crippen molar-refractivity contribution in [3.8, 4) is 5.75 Å². The average Bonchev–Trinajstić information content (AvgIpc) is 2.46. The fourth-order valence-corrected chi connectivity index (χ4v) is 2.44. The van der Waals surface area contributed by atoms with Crippen LogP contribution in [-0.2, 0) is 9.53 Å². The molecule has 23 heavy (non-hydrogen) atoms. The number of hydrogen-bond acceptors (Lipinski definition) is 5. The van der Waals surface area contributed by atoms with Crippen molar-refractivity contribution in [2.24, 2.45) is 0 Å². The van der Waals surface area contributed by atoms with E-state index < -0.39 is 17.4 Å². The van der Waals surface area contributed by atoms with Crippen LogP contribution in [0, 0.1) is 0 Å². The van der Waals surface area contributed by atoms with Gasteiger partial charge >= 0.3 is 6.09 Å². The van der Waals surface area contributed by atoms with Crippen molar-refractivity contribution < 1.29 is 19.1 Å². The second-order valence-corrected chi connectivity index (χ2v) is 6.56. The molecule has 1 fully saturated rings. The van der Waals surface area contributed by atoms with E-state index in [4.69, 9.17) is 9.47 Å². The molecule has 1 saturated heterocycles. The molecule has 0 radical (unpaired) electrons. The topological polar surface area (TPSA) is 67.9 Å². The number of para-hydroxylation sites is 1. The van der Waals surface area contributed by atoms with E-state index >= 15 is 0 Å². The number of rotatable bonds is 3. The number of carbonyl (C=O) groups excluding carboxylic acids is 2. The molecular formula is C17H24N2O4. The number of ketones is 1. The third-order valence-corrected chi connectivity index (χ3v) is 3.51. The average molecular weight is 320 g/mol. The van der Waals surface area contributed by atoms with Gasteiger partial charge in [0.2, 0.25) is 0 Å². The number of amides is 1. The molecule has 1 aromatic rings. The molecule has 0 spiro atoms. The Bertz CT molecular complexity index is 568. The summed E-state index contributed by atoms with van der Waals surface area (Å²) in [5.74, 6) is 0.277. The highest BCUT2D eigenvalue weighted by molar-refractivity contribution is 5.89. The molecule has 2 rings (SSSR count). The van der Waals surface area contributed by atoms with Crippen molar-refractivity contribution in [3.05, 3.63) is 30.3 Å². The molecule has 1 aliphatic heterocycles. The molecule has 0 aliphatic carbocycles.